The summed E-state index contributed by atoms with van der Waals surface area (Å²) in [4.78, 5) is 4.67. The van der Waals surface area contributed by atoms with Gasteiger partial charge in [-0.3, -0.25) is 4.99 Å². The van der Waals surface area contributed by atoms with Crippen LogP contribution in [0, 0.1) is 6.92 Å². The van der Waals surface area contributed by atoms with Crippen LogP contribution in [-0.2, 0) is 0 Å². The summed E-state index contributed by atoms with van der Waals surface area (Å²) in [6, 6.07) is 8.31. The van der Waals surface area contributed by atoms with Crippen LogP contribution < -0.4 is 0 Å². The maximum atomic E-state index is 4.67. The molecule has 0 aromatic heterocycles. The van der Waals surface area contributed by atoms with E-state index in [1.807, 2.05) is 25.1 Å². The van der Waals surface area contributed by atoms with Crippen molar-refractivity contribution in [3.05, 3.63) is 71.5 Å². The zero-order chi connectivity index (χ0) is 13.5. The quantitative estimate of drug-likeness (QED) is 0.526. The standard InChI is InChI=1S/C17H21N/c1-6-9-15(5)18-17(12-13(2)3)16-11-8-7-10-14(16)4/h6-12H,1H2,2-5H3. The van der Waals surface area contributed by atoms with E-state index >= 15 is 0 Å². The first kappa shape index (κ1) is 14.2. The lowest BCUT2D eigenvalue weighted by molar-refractivity contribution is 1.29. The SMILES string of the molecule is C=CC=C(C)N=C(C=C(C)C)c1ccccc1C. The van der Waals surface area contributed by atoms with Crippen LogP contribution in [0.15, 0.2) is 65.3 Å². The second-order valence-corrected chi connectivity index (χ2v) is 4.58. The third-order valence-electron chi connectivity index (χ3n) is 2.50. The van der Waals surface area contributed by atoms with Gasteiger partial charge in [-0.1, -0.05) is 42.5 Å². The summed E-state index contributed by atoms with van der Waals surface area (Å²) in [6.07, 6.45) is 5.79. The largest absolute Gasteiger partial charge is 0.253 e. The fourth-order valence-electron chi connectivity index (χ4n) is 1.70. The highest BCUT2D eigenvalue weighted by Gasteiger charge is 2.03. The van der Waals surface area contributed by atoms with E-state index < -0.39 is 0 Å². The number of aliphatic imine (C=N–C) groups is 1. The van der Waals surface area contributed by atoms with Crippen molar-refractivity contribution >= 4 is 5.71 Å². The topological polar surface area (TPSA) is 12.4 Å². The number of rotatable bonds is 4. The summed E-state index contributed by atoms with van der Waals surface area (Å²) in [7, 11) is 0. The molecule has 18 heavy (non-hydrogen) atoms. The molecule has 0 fully saturated rings. The summed E-state index contributed by atoms with van der Waals surface area (Å²) in [5.74, 6) is 0. The van der Waals surface area contributed by atoms with Gasteiger partial charge in [0.2, 0.25) is 0 Å². The Morgan fingerprint density at radius 2 is 1.83 bits per heavy atom. The van der Waals surface area contributed by atoms with Crippen LogP contribution in [0.3, 0.4) is 0 Å². The maximum Gasteiger partial charge on any atom is 0.0707 e. The number of benzene rings is 1. The van der Waals surface area contributed by atoms with Gasteiger partial charge < -0.3 is 0 Å². The van der Waals surface area contributed by atoms with Crippen molar-refractivity contribution in [1.29, 1.82) is 0 Å². The van der Waals surface area contributed by atoms with E-state index in [1.54, 1.807) is 6.08 Å². The molecule has 0 aliphatic heterocycles. The van der Waals surface area contributed by atoms with Crippen molar-refractivity contribution in [3.8, 4) is 0 Å². The van der Waals surface area contributed by atoms with Gasteiger partial charge in [0.15, 0.2) is 0 Å². The number of hydrogen-bond donors (Lipinski definition) is 0. The first-order chi connectivity index (χ1) is 8.54. The molecule has 0 saturated carbocycles. The highest BCUT2D eigenvalue weighted by Crippen LogP contribution is 2.13. The van der Waals surface area contributed by atoms with Gasteiger partial charge in [0.05, 0.1) is 5.71 Å². The molecule has 0 heterocycles. The van der Waals surface area contributed by atoms with Gasteiger partial charge in [0, 0.05) is 11.3 Å². The van der Waals surface area contributed by atoms with Gasteiger partial charge in [0.1, 0.15) is 0 Å². The summed E-state index contributed by atoms with van der Waals surface area (Å²) in [5, 5.41) is 0. The smallest absolute Gasteiger partial charge is 0.0707 e. The molecule has 0 aliphatic rings. The second kappa shape index (κ2) is 6.75. The molecule has 0 spiro atoms. The number of allylic oxidation sites excluding steroid dienone is 5. The molecule has 0 bridgehead atoms. The van der Waals surface area contributed by atoms with Crippen molar-refractivity contribution in [1.82, 2.24) is 0 Å². The molecule has 0 atom stereocenters. The first-order valence-corrected chi connectivity index (χ1v) is 6.13. The van der Waals surface area contributed by atoms with Crippen molar-refractivity contribution in [2.75, 3.05) is 0 Å². The fourth-order valence-corrected chi connectivity index (χ4v) is 1.70. The molecular weight excluding hydrogens is 218 g/mol. The Hall–Kier alpha value is -1.89. The molecule has 1 rings (SSSR count). The lowest BCUT2D eigenvalue weighted by Gasteiger charge is -2.07. The molecule has 0 radical (unpaired) electrons. The predicted molar refractivity (Wildman–Crippen MR) is 81.1 cm³/mol. The van der Waals surface area contributed by atoms with Crippen LogP contribution in [0.4, 0.5) is 0 Å². The minimum Gasteiger partial charge on any atom is -0.253 e. The lowest BCUT2D eigenvalue weighted by atomic mass is 10.0. The fraction of sp³-hybridized carbons (Fsp3) is 0.235. The van der Waals surface area contributed by atoms with E-state index in [0.29, 0.717) is 0 Å². The van der Waals surface area contributed by atoms with Gasteiger partial charge in [-0.05, 0) is 45.4 Å². The van der Waals surface area contributed by atoms with Crippen molar-refractivity contribution in [2.45, 2.75) is 27.7 Å². The number of nitrogens with zero attached hydrogens (tertiary/aromatic N) is 1. The average Bonchev–Trinajstić information content (AvgIpc) is 2.28. The molecule has 0 N–H and O–H groups in total. The minimum atomic E-state index is 0.959. The van der Waals surface area contributed by atoms with E-state index in [4.69, 9.17) is 0 Å². The van der Waals surface area contributed by atoms with E-state index in [1.165, 1.54) is 16.7 Å². The van der Waals surface area contributed by atoms with E-state index in [-0.39, 0.29) is 0 Å². The van der Waals surface area contributed by atoms with Crippen molar-refractivity contribution in [3.63, 3.8) is 0 Å². The Kier molecular flexibility index (Phi) is 5.31. The third-order valence-corrected chi connectivity index (χ3v) is 2.50. The van der Waals surface area contributed by atoms with Crippen LogP contribution in [0.1, 0.15) is 31.9 Å². The molecule has 1 nitrogen and oxygen atoms in total. The van der Waals surface area contributed by atoms with Crippen LogP contribution >= 0.6 is 0 Å². The molecule has 0 unspecified atom stereocenters. The molecule has 0 amide bonds. The highest BCUT2D eigenvalue weighted by atomic mass is 14.7. The maximum absolute atomic E-state index is 4.67. The molecule has 0 saturated heterocycles. The zero-order valence-corrected chi connectivity index (χ0v) is 11.7. The summed E-state index contributed by atoms with van der Waals surface area (Å²) in [5.41, 5.74) is 5.61. The normalized spacial score (nSPS) is 12.2. The van der Waals surface area contributed by atoms with Crippen LogP contribution in [0.2, 0.25) is 0 Å². The molecule has 94 valence electrons. The minimum absolute atomic E-state index is 0.959. The zero-order valence-electron chi connectivity index (χ0n) is 11.7. The molecular formula is C17H21N. The van der Waals surface area contributed by atoms with E-state index in [0.717, 1.165) is 11.4 Å². The highest BCUT2D eigenvalue weighted by molar-refractivity contribution is 6.10. The van der Waals surface area contributed by atoms with E-state index in [9.17, 15) is 0 Å². The molecule has 0 aliphatic carbocycles. The Bertz CT molecular complexity index is 512. The molecule has 1 heteroatoms. The number of hydrogen-bond acceptors (Lipinski definition) is 1. The lowest BCUT2D eigenvalue weighted by Crippen LogP contribution is -2.01. The molecule has 1 aromatic carbocycles. The Morgan fingerprint density at radius 1 is 1.17 bits per heavy atom. The van der Waals surface area contributed by atoms with Gasteiger partial charge in [-0.2, -0.15) is 0 Å². The van der Waals surface area contributed by atoms with Gasteiger partial charge in [0.25, 0.3) is 0 Å². The third kappa shape index (κ3) is 4.17. The van der Waals surface area contributed by atoms with Crippen LogP contribution in [0.25, 0.3) is 0 Å². The van der Waals surface area contributed by atoms with Gasteiger partial charge in [-0.25, -0.2) is 0 Å². The Morgan fingerprint density at radius 3 is 2.39 bits per heavy atom. The van der Waals surface area contributed by atoms with Crippen molar-refractivity contribution < 1.29 is 0 Å². The van der Waals surface area contributed by atoms with E-state index in [2.05, 4.69) is 50.6 Å². The Labute approximate surface area is 110 Å². The monoisotopic (exact) mass is 239 g/mol. The van der Waals surface area contributed by atoms with Crippen LogP contribution in [0.5, 0.6) is 0 Å². The van der Waals surface area contributed by atoms with Crippen LogP contribution in [-0.4, -0.2) is 5.71 Å². The summed E-state index contributed by atoms with van der Waals surface area (Å²) >= 11 is 0. The summed E-state index contributed by atoms with van der Waals surface area (Å²) in [6.45, 7) is 12.0. The summed E-state index contributed by atoms with van der Waals surface area (Å²) < 4.78 is 0. The van der Waals surface area contributed by atoms with Gasteiger partial charge >= 0.3 is 0 Å². The second-order valence-electron chi connectivity index (χ2n) is 4.58. The van der Waals surface area contributed by atoms with Gasteiger partial charge in [-0.15, -0.1) is 0 Å². The first-order valence-electron chi connectivity index (χ1n) is 6.13. The molecule has 1 aromatic rings. The van der Waals surface area contributed by atoms with Crippen molar-refractivity contribution in [2.24, 2.45) is 4.99 Å². The Balaban J connectivity index is 3.31. The predicted octanol–water partition coefficient (Wildman–Crippen LogP) is 4.84. The number of aryl methyl sites for hydroxylation is 1. The average molecular weight is 239 g/mol.